The van der Waals surface area contributed by atoms with Gasteiger partial charge in [0.05, 0.1) is 0 Å². The number of hydrogen-bond acceptors (Lipinski definition) is 2. The van der Waals surface area contributed by atoms with Crippen molar-refractivity contribution >= 4 is 18.0 Å². The van der Waals surface area contributed by atoms with E-state index in [1.54, 1.807) is 0 Å². The summed E-state index contributed by atoms with van der Waals surface area (Å²) in [5, 5.41) is 6.50. The van der Waals surface area contributed by atoms with E-state index in [0.717, 1.165) is 19.5 Å². The van der Waals surface area contributed by atoms with E-state index >= 15 is 0 Å². The third kappa shape index (κ3) is 5.74. The monoisotopic (exact) mass is 224 g/mol. The Kier molecular flexibility index (Phi) is 7.15. The van der Waals surface area contributed by atoms with Crippen LogP contribution in [0.3, 0.4) is 0 Å². The summed E-state index contributed by atoms with van der Waals surface area (Å²) in [4.78, 5) is 0. The van der Waals surface area contributed by atoms with E-state index in [1.807, 2.05) is 13.8 Å². The summed E-state index contributed by atoms with van der Waals surface area (Å²) in [5.74, 6) is 0. The van der Waals surface area contributed by atoms with E-state index < -0.39 is 6.65 Å². The van der Waals surface area contributed by atoms with E-state index in [-0.39, 0.29) is 0 Å². The van der Waals surface area contributed by atoms with Crippen LogP contribution in [0.5, 0.6) is 0 Å². The van der Waals surface area contributed by atoms with Gasteiger partial charge in [-0.05, 0) is 6.42 Å². The Morgan fingerprint density at radius 3 is 2.00 bits per heavy atom. The number of hydrogen-bond donors (Lipinski definition) is 2. The second-order valence-electron chi connectivity index (χ2n) is 2.90. The highest BCUT2D eigenvalue weighted by Crippen LogP contribution is 2.53. The first-order valence-corrected chi connectivity index (χ1v) is 8.05. The van der Waals surface area contributed by atoms with Gasteiger partial charge in [0.1, 0.15) is 0 Å². The van der Waals surface area contributed by atoms with Crippen molar-refractivity contribution in [2.75, 3.05) is 13.1 Å². The van der Waals surface area contributed by atoms with Gasteiger partial charge in [-0.3, -0.25) is 4.57 Å². The molecular weight excluding hydrogens is 203 g/mol. The third-order valence-corrected chi connectivity index (χ3v) is 6.84. The zero-order chi connectivity index (χ0) is 10.3. The first-order valence-electron chi connectivity index (χ1n) is 4.86. The predicted octanol–water partition coefficient (Wildman–Crippen LogP) is 2.85. The smallest absolute Gasteiger partial charge is 0.266 e. The third-order valence-electron chi connectivity index (χ3n) is 1.64. The summed E-state index contributed by atoms with van der Waals surface area (Å²) >= 11 is 1.53. The summed E-state index contributed by atoms with van der Waals surface area (Å²) < 4.78 is 12.1. The van der Waals surface area contributed by atoms with Crippen LogP contribution in [0.4, 0.5) is 0 Å². The molecule has 0 aromatic rings. The van der Waals surface area contributed by atoms with Crippen molar-refractivity contribution in [3.8, 4) is 0 Å². The average molecular weight is 224 g/mol. The van der Waals surface area contributed by atoms with E-state index in [2.05, 4.69) is 24.0 Å². The SMILES string of the molecule is CCNP(=O)(NCC)SC(C)CC. The van der Waals surface area contributed by atoms with Crippen LogP contribution >= 0.6 is 18.0 Å². The molecule has 3 nitrogen and oxygen atoms in total. The highest BCUT2D eigenvalue weighted by atomic mass is 32.7. The van der Waals surface area contributed by atoms with Crippen molar-refractivity contribution in [3.63, 3.8) is 0 Å². The molecule has 0 heterocycles. The zero-order valence-electron chi connectivity index (χ0n) is 8.96. The molecule has 0 aromatic heterocycles. The molecule has 0 bridgehead atoms. The fourth-order valence-electron chi connectivity index (χ4n) is 0.875. The molecule has 2 N–H and O–H groups in total. The summed E-state index contributed by atoms with van der Waals surface area (Å²) in [6.45, 7) is 7.27. The van der Waals surface area contributed by atoms with Gasteiger partial charge in [-0.25, -0.2) is 10.2 Å². The molecule has 0 aliphatic rings. The molecule has 0 aromatic carbocycles. The molecule has 1 unspecified atom stereocenters. The second-order valence-corrected chi connectivity index (χ2v) is 7.83. The average Bonchev–Trinajstić information content (AvgIpc) is 2.04. The zero-order valence-corrected chi connectivity index (χ0v) is 10.7. The van der Waals surface area contributed by atoms with Gasteiger partial charge in [0, 0.05) is 18.3 Å². The van der Waals surface area contributed by atoms with E-state index in [4.69, 9.17) is 0 Å². The molecule has 0 rings (SSSR count). The fraction of sp³-hybridized carbons (Fsp3) is 1.00. The lowest BCUT2D eigenvalue weighted by atomic mass is 10.4. The van der Waals surface area contributed by atoms with Crippen LogP contribution in [0.1, 0.15) is 34.1 Å². The van der Waals surface area contributed by atoms with Crippen LogP contribution in [0.2, 0.25) is 0 Å². The summed E-state index contributed by atoms with van der Waals surface area (Å²) in [6, 6.07) is 0. The minimum atomic E-state index is -2.38. The number of nitrogens with one attached hydrogen (secondary N) is 2. The largest absolute Gasteiger partial charge is 0.277 e. The minimum absolute atomic E-state index is 0.434. The molecule has 0 saturated carbocycles. The van der Waals surface area contributed by atoms with Crippen molar-refractivity contribution in [2.24, 2.45) is 0 Å². The lowest BCUT2D eigenvalue weighted by Crippen LogP contribution is -2.21. The maximum absolute atomic E-state index is 12.1. The maximum Gasteiger partial charge on any atom is 0.266 e. The first-order chi connectivity index (χ1) is 6.08. The van der Waals surface area contributed by atoms with Gasteiger partial charge in [0.2, 0.25) is 0 Å². The maximum atomic E-state index is 12.1. The normalized spacial score (nSPS) is 14.5. The van der Waals surface area contributed by atoms with Crippen molar-refractivity contribution in [1.82, 2.24) is 10.2 Å². The summed E-state index contributed by atoms with van der Waals surface area (Å²) in [5.41, 5.74) is 0. The van der Waals surface area contributed by atoms with Gasteiger partial charge in [-0.15, -0.1) is 0 Å². The molecule has 0 spiro atoms. The van der Waals surface area contributed by atoms with Gasteiger partial charge < -0.3 is 0 Å². The molecule has 0 saturated heterocycles. The van der Waals surface area contributed by atoms with E-state index in [9.17, 15) is 4.57 Å². The molecule has 0 aliphatic heterocycles. The highest BCUT2D eigenvalue weighted by molar-refractivity contribution is 8.57. The topological polar surface area (TPSA) is 41.1 Å². The Morgan fingerprint density at radius 2 is 1.69 bits per heavy atom. The molecule has 5 heteroatoms. The van der Waals surface area contributed by atoms with Crippen LogP contribution < -0.4 is 10.2 Å². The molecule has 1 atom stereocenters. The highest BCUT2D eigenvalue weighted by Gasteiger charge is 2.22. The van der Waals surface area contributed by atoms with Gasteiger partial charge in [-0.2, -0.15) is 0 Å². The second kappa shape index (κ2) is 6.88. The van der Waals surface area contributed by atoms with Crippen LogP contribution in [0, 0.1) is 0 Å². The Bertz CT molecular complexity index is 168. The van der Waals surface area contributed by atoms with Crippen molar-refractivity contribution in [2.45, 2.75) is 39.4 Å². The minimum Gasteiger partial charge on any atom is -0.277 e. The summed E-state index contributed by atoms with van der Waals surface area (Å²) in [6.07, 6.45) is 1.05. The predicted molar refractivity (Wildman–Crippen MR) is 62.3 cm³/mol. The number of rotatable bonds is 7. The van der Waals surface area contributed by atoms with Crippen molar-refractivity contribution in [3.05, 3.63) is 0 Å². The Balaban J connectivity index is 4.14. The molecule has 0 radical (unpaired) electrons. The molecule has 0 aliphatic carbocycles. The first kappa shape index (κ1) is 13.5. The van der Waals surface area contributed by atoms with Gasteiger partial charge in [0.15, 0.2) is 0 Å². The fourth-order valence-corrected chi connectivity index (χ4v) is 5.81. The van der Waals surface area contributed by atoms with Crippen molar-refractivity contribution in [1.29, 1.82) is 0 Å². The van der Waals surface area contributed by atoms with Crippen LogP contribution in [0.25, 0.3) is 0 Å². The van der Waals surface area contributed by atoms with Gasteiger partial charge in [0.25, 0.3) is 6.65 Å². The Morgan fingerprint density at radius 1 is 1.23 bits per heavy atom. The Labute approximate surface area is 85.7 Å². The lowest BCUT2D eigenvalue weighted by Gasteiger charge is -2.21. The van der Waals surface area contributed by atoms with Gasteiger partial charge in [-0.1, -0.05) is 39.1 Å². The molecule has 0 fully saturated rings. The standard InChI is InChI=1S/C8H21N2OPS/c1-5-8(4)13-12(11,9-6-2)10-7-3/h8H,5-7H2,1-4H3,(H2,9,10,11). The summed E-state index contributed by atoms with van der Waals surface area (Å²) in [7, 11) is 0. The molecule has 0 amide bonds. The molecule has 80 valence electrons. The lowest BCUT2D eigenvalue weighted by molar-refractivity contribution is 0.568. The van der Waals surface area contributed by atoms with Crippen molar-refractivity contribution < 1.29 is 4.57 Å². The van der Waals surface area contributed by atoms with Gasteiger partial charge >= 0.3 is 0 Å². The Hall–Kier alpha value is 0.500. The van der Waals surface area contributed by atoms with Crippen LogP contribution in [0.15, 0.2) is 0 Å². The quantitative estimate of drug-likeness (QED) is 0.652. The van der Waals surface area contributed by atoms with E-state index in [1.165, 1.54) is 11.4 Å². The van der Waals surface area contributed by atoms with Crippen LogP contribution in [-0.2, 0) is 4.57 Å². The molecular formula is C8H21N2OPS. The van der Waals surface area contributed by atoms with Crippen LogP contribution in [-0.4, -0.2) is 18.3 Å². The van der Waals surface area contributed by atoms with E-state index in [0.29, 0.717) is 5.25 Å². The molecule has 13 heavy (non-hydrogen) atoms.